The van der Waals surface area contributed by atoms with Gasteiger partial charge in [-0.25, -0.2) is 4.98 Å². The van der Waals surface area contributed by atoms with Crippen LogP contribution in [0.5, 0.6) is 5.88 Å². The van der Waals surface area contributed by atoms with E-state index < -0.39 is 0 Å². The fourth-order valence-corrected chi connectivity index (χ4v) is 2.18. The number of rotatable bonds is 7. The van der Waals surface area contributed by atoms with Crippen LogP contribution in [0.2, 0.25) is 0 Å². The van der Waals surface area contributed by atoms with Crippen LogP contribution >= 0.6 is 15.9 Å². The fraction of sp³-hybridized carbons (Fsp3) is 0.692. The lowest BCUT2D eigenvalue weighted by molar-refractivity contribution is 0.216. The van der Waals surface area contributed by atoms with Gasteiger partial charge >= 0.3 is 0 Å². The van der Waals surface area contributed by atoms with E-state index in [0.717, 1.165) is 36.4 Å². The molecule has 2 rings (SSSR count). The zero-order chi connectivity index (χ0) is 12.8. The Bertz CT molecular complexity index is 382. The average molecular weight is 314 g/mol. The van der Waals surface area contributed by atoms with E-state index in [4.69, 9.17) is 4.74 Å². The van der Waals surface area contributed by atoms with Crippen LogP contribution in [0.1, 0.15) is 39.0 Å². The molecule has 0 atom stereocenters. The van der Waals surface area contributed by atoms with Gasteiger partial charge in [-0.15, -0.1) is 0 Å². The third-order valence-corrected chi connectivity index (χ3v) is 3.78. The van der Waals surface area contributed by atoms with Crippen LogP contribution in [0.15, 0.2) is 10.7 Å². The molecule has 0 amide bonds. The van der Waals surface area contributed by atoms with Crippen molar-refractivity contribution in [2.45, 2.75) is 39.0 Å². The Balaban J connectivity index is 1.84. The maximum absolute atomic E-state index is 5.73. The van der Waals surface area contributed by atoms with Gasteiger partial charge in [-0.3, -0.25) is 0 Å². The summed E-state index contributed by atoms with van der Waals surface area (Å²) < 4.78 is 6.54. The Labute approximate surface area is 117 Å². The highest BCUT2D eigenvalue weighted by Crippen LogP contribution is 2.30. The molecule has 0 unspecified atom stereocenters. The molecule has 0 radical (unpaired) electrons. The Morgan fingerprint density at radius 3 is 3.00 bits per heavy atom. The smallest absolute Gasteiger partial charge is 0.232 e. The molecule has 1 aliphatic carbocycles. The third kappa shape index (κ3) is 3.83. The SMILES string of the molecule is CCCNc1ncc(Br)c(OCCC2CCC2)n1. The second-order valence-electron chi connectivity index (χ2n) is 4.71. The fourth-order valence-electron chi connectivity index (χ4n) is 1.88. The van der Waals surface area contributed by atoms with Gasteiger partial charge in [0.1, 0.15) is 0 Å². The van der Waals surface area contributed by atoms with Crippen molar-refractivity contribution >= 4 is 21.9 Å². The minimum atomic E-state index is 0.638. The summed E-state index contributed by atoms with van der Waals surface area (Å²) in [6.07, 6.45) is 8.03. The van der Waals surface area contributed by atoms with E-state index >= 15 is 0 Å². The molecule has 1 N–H and O–H groups in total. The lowest BCUT2D eigenvalue weighted by atomic mass is 9.83. The first-order valence-corrected chi connectivity index (χ1v) is 7.48. The highest BCUT2D eigenvalue weighted by molar-refractivity contribution is 9.10. The van der Waals surface area contributed by atoms with E-state index in [1.54, 1.807) is 6.20 Å². The highest BCUT2D eigenvalue weighted by Gasteiger charge is 2.17. The Kier molecular flexibility index (Phi) is 5.23. The van der Waals surface area contributed by atoms with Crippen molar-refractivity contribution in [3.8, 4) is 5.88 Å². The van der Waals surface area contributed by atoms with E-state index in [-0.39, 0.29) is 0 Å². The quantitative estimate of drug-likeness (QED) is 0.835. The molecule has 18 heavy (non-hydrogen) atoms. The van der Waals surface area contributed by atoms with Crippen molar-refractivity contribution in [3.63, 3.8) is 0 Å². The molecular weight excluding hydrogens is 294 g/mol. The van der Waals surface area contributed by atoms with E-state index in [9.17, 15) is 0 Å². The number of anilines is 1. The Morgan fingerprint density at radius 1 is 1.50 bits per heavy atom. The number of ether oxygens (including phenoxy) is 1. The maximum atomic E-state index is 5.73. The van der Waals surface area contributed by atoms with Crippen LogP contribution < -0.4 is 10.1 Å². The maximum Gasteiger partial charge on any atom is 0.232 e. The second-order valence-corrected chi connectivity index (χ2v) is 5.56. The van der Waals surface area contributed by atoms with Gasteiger partial charge in [0.15, 0.2) is 0 Å². The minimum absolute atomic E-state index is 0.638. The third-order valence-electron chi connectivity index (χ3n) is 3.23. The first-order valence-electron chi connectivity index (χ1n) is 6.68. The largest absolute Gasteiger partial charge is 0.477 e. The second kappa shape index (κ2) is 6.92. The van der Waals surface area contributed by atoms with Crippen LogP contribution in [0.4, 0.5) is 5.95 Å². The summed E-state index contributed by atoms with van der Waals surface area (Å²) in [5.74, 6) is 2.14. The van der Waals surface area contributed by atoms with E-state index in [0.29, 0.717) is 11.8 Å². The van der Waals surface area contributed by atoms with Crippen molar-refractivity contribution in [2.75, 3.05) is 18.5 Å². The summed E-state index contributed by atoms with van der Waals surface area (Å²) in [6, 6.07) is 0. The molecule has 100 valence electrons. The van der Waals surface area contributed by atoms with Gasteiger partial charge in [-0.1, -0.05) is 26.2 Å². The predicted octanol–water partition coefficient (Wildman–Crippen LogP) is 3.63. The molecule has 0 spiro atoms. The molecule has 1 aromatic heterocycles. The molecule has 4 nitrogen and oxygen atoms in total. The van der Waals surface area contributed by atoms with Crippen molar-refractivity contribution in [1.82, 2.24) is 9.97 Å². The van der Waals surface area contributed by atoms with Crippen LogP contribution in [0.3, 0.4) is 0 Å². The number of hydrogen-bond acceptors (Lipinski definition) is 4. The summed E-state index contributed by atoms with van der Waals surface area (Å²) >= 11 is 3.42. The van der Waals surface area contributed by atoms with E-state index in [1.807, 2.05) is 0 Å². The van der Waals surface area contributed by atoms with Gasteiger partial charge < -0.3 is 10.1 Å². The van der Waals surface area contributed by atoms with Crippen molar-refractivity contribution in [3.05, 3.63) is 10.7 Å². The van der Waals surface area contributed by atoms with Gasteiger partial charge in [0.05, 0.1) is 17.3 Å². The summed E-state index contributed by atoms with van der Waals surface area (Å²) in [4.78, 5) is 8.56. The number of aromatic nitrogens is 2. The van der Waals surface area contributed by atoms with Crippen LogP contribution in [0, 0.1) is 5.92 Å². The van der Waals surface area contributed by atoms with Crippen molar-refractivity contribution in [2.24, 2.45) is 5.92 Å². The number of nitrogens with one attached hydrogen (secondary N) is 1. The number of hydrogen-bond donors (Lipinski definition) is 1. The van der Waals surface area contributed by atoms with Crippen molar-refractivity contribution < 1.29 is 4.74 Å². The number of halogens is 1. The minimum Gasteiger partial charge on any atom is -0.477 e. The first kappa shape index (κ1) is 13.6. The first-order chi connectivity index (χ1) is 8.79. The van der Waals surface area contributed by atoms with Gasteiger partial charge in [0.2, 0.25) is 11.8 Å². The molecule has 1 fully saturated rings. The number of nitrogens with zero attached hydrogens (tertiary/aromatic N) is 2. The summed E-state index contributed by atoms with van der Waals surface area (Å²) in [5.41, 5.74) is 0. The Hall–Kier alpha value is -0.840. The summed E-state index contributed by atoms with van der Waals surface area (Å²) in [6.45, 7) is 3.73. The molecule has 1 aliphatic rings. The lowest BCUT2D eigenvalue weighted by Gasteiger charge is -2.24. The molecule has 0 bridgehead atoms. The molecule has 1 aromatic rings. The van der Waals surface area contributed by atoms with Crippen molar-refractivity contribution in [1.29, 1.82) is 0 Å². The van der Waals surface area contributed by atoms with Gasteiger partial charge in [0.25, 0.3) is 0 Å². The summed E-state index contributed by atoms with van der Waals surface area (Å²) in [7, 11) is 0. The summed E-state index contributed by atoms with van der Waals surface area (Å²) in [5, 5.41) is 3.16. The van der Waals surface area contributed by atoms with E-state index in [1.165, 1.54) is 19.3 Å². The van der Waals surface area contributed by atoms with Gasteiger partial charge in [-0.2, -0.15) is 4.98 Å². The van der Waals surface area contributed by atoms with Crippen LogP contribution in [0.25, 0.3) is 0 Å². The standard InChI is InChI=1S/C13H20BrN3O/c1-2-7-15-13-16-9-11(14)12(17-13)18-8-6-10-4-3-5-10/h9-10H,2-8H2,1H3,(H,15,16,17). The monoisotopic (exact) mass is 313 g/mol. The highest BCUT2D eigenvalue weighted by atomic mass is 79.9. The molecule has 0 saturated heterocycles. The van der Waals surface area contributed by atoms with Crippen LogP contribution in [-0.2, 0) is 0 Å². The molecule has 1 saturated carbocycles. The normalized spacial score (nSPS) is 15.2. The van der Waals surface area contributed by atoms with Crippen LogP contribution in [-0.4, -0.2) is 23.1 Å². The molecule has 1 heterocycles. The molecule has 0 aliphatic heterocycles. The molecule has 5 heteroatoms. The molecular formula is C13H20BrN3O. The topological polar surface area (TPSA) is 47.0 Å². The zero-order valence-electron chi connectivity index (χ0n) is 10.8. The lowest BCUT2D eigenvalue weighted by Crippen LogP contribution is -2.15. The van der Waals surface area contributed by atoms with E-state index in [2.05, 4.69) is 38.1 Å². The predicted molar refractivity (Wildman–Crippen MR) is 76.0 cm³/mol. The Morgan fingerprint density at radius 2 is 2.33 bits per heavy atom. The van der Waals surface area contributed by atoms with Gasteiger partial charge in [-0.05, 0) is 34.7 Å². The molecule has 0 aromatic carbocycles. The average Bonchev–Trinajstić information content (AvgIpc) is 2.32. The van der Waals surface area contributed by atoms with Gasteiger partial charge in [0, 0.05) is 6.54 Å². The zero-order valence-corrected chi connectivity index (χ0v) is 12.4.